The van der Waals surface area contributed by atoms with Crippen LogP contribution in [0.3, 0.4) is 0 Å². The molecule has 0 radical (unpaired) electrons. The maximum atomic E-state index is 11.9. The van der Waals surface area contributed by atoms with Crippen molar-refractivity contribution in [3.05, 3.63) is 17.8 Å². The van der Waals surface area contributed by atoms with Crippen LogP contribution in [0.5, 0.6) is 0 Å². The minimum absolute atomic E-state index is 0.0418. The molecular weight excluding hydrogens is 278 g/mol. The topological polar surface area (TPSA) is 54.9 Å². The van der Waals surface area contributed by atoms with Crippen LogP contribution < -0.4 is 5.32 Å². The van der Waals surface area contributed by atoms with Gasteiger partial charge in [0.25, 0.3) is 0 Å². The second-order valence-corrected chi connectivity index (χ2v) is 6.77. The zero-order valence-corrected chi connectivity index (χ0v) is 12.9. The first kappa shape index (κ1) is 14.3. The Morgan fingerprint density at radius 3 is 3.00 bits per heavy atom. The predicted molar refractivity (Wildman–Crippen MR) is 80.7 cm³/mol. The fourth-order valence-electron chi connectivity index (χ4n) is 1.50. The van der Waals surface area contributed by atoms with Crippen LogP contribution in [0, 0.1) is 0 Å². The normalized spacial score (nSPS) is 11.7. The van der Waals surface area contributed by atoms with Gasteiger partial charge in [-0.05, 0) is 31.7 Å². The van der Waals surface area contributed by atoms with Gasteiger partial charge in [-0.25, -0.2) is 9.97 Å². The highest BCUT2D eigenvalue weighted by Crippen LogP contribution is 2.28. The Morgan fingerprint density at radius 2 is 2.26 bits per heavy atom. The lowest BCUT2D eigenvalue weighted by atomic mass is 10.0. The lowest BCUT2D eigenvalue weighted by Crippen LogP contribution is -2.43. The van der Waals surface area contributed by atoms with Gasteiger partial charge in [0.2, 0.25) is 5.91 Å². The van der Waals surface area contributed by atoms with Crippen LogP contribution in [0.2, 0.25) is 0 Å². The lowest BCUT2D eigenvalue weighted by Gasteiger charge is -2.24. The van der Waals surface area contributed by atoms with Crippen molar-refractivity contribution < 1.29 is 4.79 Å². The molecule has 0 unspecified atom stereocenters. The summed E-state index contributed by atoms with van der Waals surface area (Å²) in [5, 5.41) is 5.89. The van der Waals surface area contributed by atoms with Crippen molar-refractivity contribution in [2.45, 2.75) is 37.8 Å². The van der Waals surface area contributed by atoms with Crippen molar-refractivity contribution in [2.24, 2.45) is 0 Å². The Bertz CT molecular complexity index is 580. The summed E-state index contributed by atoms with van der Waals surface area (Å²) in [6, 6.07) is 1.96. The van der Waals surface area contributed by atoms with Crippen molar-refractivity contribution in [3.63, 3.8) is 0 Å². The van der Waals surface area contributed by atoms with Gasteiger partial charge in [-0.15, -0.1) is 11.3 Å². The number of rotatable bonds is 5. The van der Waals surface area contributed by atoms with Crippen LogP contribution in [0.25, 0.3) is 10.2 Å². The van der Waals surface area contributed by atoms with Crippen molar-refractivity contribution in [3.8, 4) is 0 Å². The van der Waals surface area contributed by atoms with Gasteiger partial charge >= 0.3 is 0 Å². The molecule has 2 rings (SSSR count). The molecular formula is C13H17N3OS2. The number of carbonyl (C=O) groups excluding carboxylic acids is 1. The summed E-state index contributed by atoms with van der Waals surface area (Å²) in [7, 11) is 0. The fourth-order valence-corrected chi connectivity index (χ4v) is 3.25. The minimum Gasteiger partial charge on any atom is -0.351 e. The van der Waals surface area contributed by atoms with E-state index in [2.05, 4.69) is 22.2 Å². The van der Waals surface area contributed by atoms with E-state index in [4.69, 9.17) is 0 Å². The number of aromatic nitrogens is 2. The molecule has 1 amide bonds. The molecule has 0 saturated carbocycles. The third kappa shape index (κ3) is 3.67. The molecule has 0 aliphatic heterocycles. The number of nitrogens with zero attached hydrogens (tertiary/aromatic N) is 2. The standard InChI is InChI=1S/C13H17N3OS2/c1-4-13(2,3)16-10(17)7-19-12-11-9(5-6-18-11)14-8-15-12/h5-6,8H,4,7H2,1-3H3,(H,16,17). The fraction of sp³-hybridized carbons (Fsp3) is 0.462. The molecule has 1 N–H and O–H groups in total. The quantitative estimate of drug-likeness (QED) is 0.680. The number of amides is 1. The van der Waals surface area contributed by atoms with Crippen LogP contribution in [-0.2, 0) is 4.79 Å². The monoisotopic (exact) mass is 295 g/mol. The molecule has 0 saturated heterocycles. The van der Waals surface area contributed by atoms with Gasteiger partial charge in [-0.3, -0.25) is 4.79 Å². The van der Waals surface area contributed by atoms with E-state index in [0.717, 1.165) is 21.7 Å². The van der Waals surface area contributed by atoms with Crippen LogP contribution in [0.1, 0.15) is 27.2 Å². The second-order valence-electron chi connectivity index (χ2n) is 4.89. The summed E-state index contributed by atoms with van der Waals surface area (Å²) in [6.45, 7) is 6.11. The van der Waals surface area contributed by atoms with Crippen LogP contribution in [-0.4, -0.2) is 27.2 Å². The van der Waals surface area contributed by atoms with Gasteiger partial charge in [-0.2, -0.15) is 0 Å². The van der Waals surface area contributed by atoms with E-state index in [1.807, 2.05) is 25.3 Å². The van der Waals surface area contributed by atoms with Crippen LogP contribution >= 0.6 is 23.1 Å². The minimum atomic E-state index is -0.151. The first-order chi connectivity index (χ1) is 9.02. The summed E-state index contributed by atoms with van der Waals surface area (Å²) in [5.74, 6) is 0.424. The highest BCUT2D eigenvalue weighted by atomic mass is 32.2. The first-order valence-electron chi connectivity index (χ1n) is 6.14. The summed E-state index contributed by atoms with van der Waals surface area (Å²) in [4.78, 5) is 20.3. The van der Waals surface area contributed by atoms with Gasteiger partial charge in [-0.1, -0.05) is 18.7 Å². The number of nitrogens with one attached hydrogen (secondary N) is 1. The van der Waals surface area contributed by atoms with Gasteiger partial charge < -0.3 is 5.32 Å². The molecule has 102 valence electrons. The van der Waals surface area contributed by atoms with Crippen molar-refractivity contribution in [2.75, 3.05) is 5.75 Å². The average Bonchev–Trinajstić information content (AvgIpc) is 2.84. The van der Waals surface area contributed by atoms with E-state index >= 15 is 0 Å². The van der Waals surface area contributed by atoms with Gasteiger partial charge in [0.05, 0.1) is 16.0 Å². The van der Waals surface area contributed by atoms with E-state index < -0.39 is 0 Å². The van der Waals surface area contributed by atoms with Gasteiger partial charge in [0.15, 0.2) is 0 Å². The molecule has 19 heavy (non-hydrogen) atoms. The summed E-state index contributed by atoms with van der Waals surface area (Å²) >= 11 is 3.07. The summed E-state index contributed by atoms with van der Waals surface area (Å²) < 4.78 is 1.05. The molecule has 4 nitrogen and oxygen atoms in total. The van der Waals surface area contributed by atoms with E-state index in [1.54, 1.807) is 17.7 Å². The predicted octanol–water partition coefficient (Wildman–Crippen LogP) is 3.09. The van der Waals surface area contributed by atoms with Gasteiger partial charge in [0.1, 0.15) is 11.4 Å². The molecule has 0 aromatic carbocycles. The molecule has 2 aromatic rings. The number of fused-ring (bicyclic) bond motifs is 1. The molecule has 6 heteroatoms. The Morgan fingerprint density at radius 1 is 1.47 bits per heavy atom. The Kier molecular flexibility index (Phi) is 4.42. The maximum Gasteiger partial charge on any atom is 0.230 e. The third-order valence-corrected chi connectivity index (χ3v) is 4.94. The average molecular weight is 295 g/mol. The largest absolute Gasteiger partial charge is 0.351 e. The highest BCUT2D eigenvalue weighted by Gasteiger charge is 2.18. The van der Waals surface area contributed by atoms with Crippen molar-refractivity contribution in [1.29, 1.82) is 0 Å². The summed E-state index contributed by atoms with van der Waals surface area (Å²) in [5.41, 5.74) is 0.790. The Hall–Kier alpha value is -1.14. The lowest BCUT2D eigenvalue weighted by molar-refractivity contribution is -0.120. The Balaban J connectivity index is 1.99. The van der Waals surface area contributed by atoms with Crippen LogP contribution in [0.15, 0.2) is 22.8 Å². The molecule has 2 heterocycles. The zero-order chi connectivity index (χ0) is 13.9. The molecule has 0 fully saturated rings. The molecule has 0 aliphatic carbocycles. The molecule has 2 aromatic heterocycles. The summed E-state index contributed by atoms with van der Waals surface area (Å²) in [6.07, 6.45) is 2.46. The molecule has 0 spiro atoms. The Labute approximate surface area is 121 Å². The number of hydrogen-bond donors (Lipinski definition) is 1. The zero-order valence-electron chi connectivity index (χ0n) is 11.3. The number of thiophene rings is 1. The number of thioether (sulfide) groups is 1. The second kappa shape index (κ2) is 5.88. The van der Waals surface area contributed by atoms with Crippen LogP contribution in [0.4, 0.5) is 0 Å². The smallest absolute Gasteiger partial charge is 0.230 e. The van der Waals surface area contributed by atoms with Crippen molar-refractivity contribution >= 4 is 39.2 Å². The third-order valence-electron chi connectivity index (χ3n) is 2.91. The van der Waals surface area contributed by atoms with E-state index in [-0.39, 0.29) is 11.4 Å². The number of carbonyl (C=O) groups is 1. The van der Waals surface area contributed by atoms with Crippen molar-refractivity contribution in [1.82, 2.24) is 15.3 Å². The van der Waals surface area contributed by atoms with E-state index in [0.29, 0.717) is 5.75 Å². The van der Waals surface area contributed by atoms with Gasteiger partial charge in [0, 0.05) is 5.54 Å². The SMILES string of the molecule is CCC(C)(C)NC(=O)CSc1ncnc2ccsc12. The molecule has 0 atom stereocenters. The van der Waals surface area contributed by atoms with E-state index in [1.165, 1.54) is 11.8 Å². The molecule has 0 aliphatic rings. The van der Waals surface area contributed by atoms with E-state index in [9.17, 15) is 4.79 Å². The highest BCUT2D eigenvalue weighted by molar-refractivity contribution is 8.00. The maximum absolute atomic E-state index is 11.9. The number of hydrogen-bond acceptors (Lipinski definition) is 5. The first-order valence-corrected chi connectivity index (χ1v) is 8.00. The molecule has 0 bridgehead atoms.